The number of aryl methyl sites for hydroxylation is 1. The van der Waals surface area contributed by atoms with Crippen LogP contribution in [0.2, 0.25) is 0 Å². The molecular formula is C26H25N5. The van der Waals surface area contributed by atoms with E-state index in [0.717, 1.165) is 45.5 Å². The average Bonchev–Trinajstić information content (AvgIpc) is 3.24. The van der Waals surface area contributed by atoms with E-state index < -0.39 is 0 Å². The normalized spacial score (nSPS) is 11.3. The fraction of sp³-hybridized carbons (Fsp3) is 0.154. The molecule has 154 valence electrons. The van der Waals surface area contributed by atoms with Crippen molar-refractivity contribution in [3.63, 3.8) is 0 Å². The molecule has 0 bridgehead atoms. The number of anilines is 2. The third-order valence-electron chi connectivity index (χ3n) is 5.26. The molecule has 4 aromatic rings. The fourth-order valence-corrected chi connectivity index (χ4v) is 3.73. The maximum Gasteiger partial charge on any atom is 0.103 e. The van der Waals surface area contributed by atoms with Crippen molar-refractivity contribution in [3.8, 4) is 6.07 Å². The maximum absolute atomic E-state index is 9.67. The summed E-state index contributed by atoms with van der Waals surface area (Å²) in [4.78, 5) is 9.65. The number of hydrogen-bond acceptors (Lipinski definition) is 4. The van der Waals surface area contributed by atoms with Gasteiger partial charge in [-0.2, -0.15) is 5.26 Å². The van der Waals surface area contributed by atoms with Crippen molar-refractivity contribution in [2.45, 2.75) is 13.5 Å². The van der Waals surface area contributed by atoms with Crippen LogP contribution in [0.15, 0.2) is 61.1 Å². The van der Waals surface area contributed by atoms with Gasteiger partial charge in [-0.1, -0.05) is 36.4 Å². The molecule has 2 aromatic heterocycles. The van der Waals surface area contributed by atoms with Gasteiger partial charge in [0.05, 0.1) is 11.3 Å². The van der Waals surface area contributed by atoms with Gasteiger partial charge in [0, 0.05) is 47.3 Å². The zero-order chi connectivity index (χ0) is 21.8. The Bertz CT molecular complexity index is 1290. The summed E-state index contributed by atoms with van der Waals surface area (Å²) in [5, 5.41) is 14.3. The van der Waals surface area contributed by atoms with Gasteiger partial charge in [-0.3, -0.25) is 4.98 Å². The third-order valence-corrected chi connectivity index (χ3v) is 5.26. The number of rotatable bonds is 6. The summed E-state index contributed by atoms with van der Waals surface area (Å²) in [7, 11) is 4.12. The standard InChI is InChI=1S/C26H25N5/c1-18-23-11-12-29-25(23)10-9-24(18)30-26-21(15-28-16-22(26)14-27)8-7-19-5-4-6-20(13-19)17-31(2)3/h4-13,15-16,29H,17H2,1-3H3,(H,28,30)/b8-7+. The summed E-state index contributed by atoms with van der Waals surface area (Å²) in [6.07, 6.45) is 9.39. The first-order valence-electron chi connectivity index (χ1n) is 10.2. The monoisotopic (exact) mass is 407 g/mol. The van der Waals surface area contributed by atoms with Gasteiger partial charge in [-0.05, 0) is 55.9 Å². The summed E-state index contributed by atoms with van der Waals surface area (Å²) < 4.78 is 0. The molecule has 0 saturated heterocycles. The van der Waals surface area contributed by atoms with E-state index >= 15 is 0 Å². The van der Waals surface area contributed by atoms with Crippen LogP contribution >= 0.6 is 0 Å². The number of fused-ring (bicyclic) bond motifs is 1. The summed E-state index contributed by atoms with van der Waals surface area (Å²) in [5.41, 5.74) is 7.69. The van der Waals surface area contributed by atoms with E-state index in [1.165, 1.54) is 5.56 Å². The van der Waals surface area contributed by atoms with Crippen LogP contribution in [0.1, 0.15) is 27.8 Å². The summed E-state index contributed by atoms with van der Waals surface area (Å²) in [6.45, 7) is 2.97. The Balaban J connectivity index is 1.69. The molecule has 2 aromatic carbocycles. The summed E-state index contributed by atoms with van der Waals surface area (Å²) in [6, 6.07) is 16.9. The molecule has 0 saturated carbocycles. The van der Waals surface area contributed by atoms with Crippen LogP contribution in [0, 0.1) is 18.3 Å². The van der Waals surface area contributed by atoms with Crippen LogP contribution in [-0.2, 0) is 6.54 Å². The number of aromatic amines is 1. The maximum atomic E-state index is 9.67. The van der Waals surface area contributed by atoms with Crippen molar-refractivity contribution in [2.24, 2.45) is 0 Å². The molecule has 31 heavy (non-hydrogen) atoms. The molecule has 0 aliphatic rings. The van der Waals surface area contributed by atoms with Gasteiger partial charge in [-0.25, -0.2) is 0 Å². The van der Waals surface area contributed by atoms with Gasteiger partial charge in [0.2, 0.25) is 0 Å². The fourth-order valence-electron chi connectivity index (χ4n) is 3.73. The predicted octanol–water partition coefficient (Wildman–Crippen LogP) is 5.72. The van der Waals surface area contributed by atoms with Crippen LogP contribution in [0.5, 0.6) is 0 Å². The van der Waals surface area contributed by atoms with Crippen LogP contribution < -0.4 is 5.32 Å². The molecule has 0 spiro atoms. The van der Waals surface area contributed by atoms with Crippen LogP contribution in [0.3, 0.4) is 0 Å². The Labute approximate surface area is 182 Å². The van der Waals surface area contributed by atoms with Gasteiger partial charge in [0.1, 0.15) is 6.07 Å². The van der Waals surface area contributed by atoms with Gasteiger partial charge < -0.3 is 15.2 Å². The van der Waals surface area contributed by atoms with E-state index in [1.807, 2.05) is 24.4 Å². The summed E-state index contributed by atoms with van der Waals surface area (Å²) >= 11 is 0. The first kappa shape index (κ1) is 20.4. The van der Waals surface area contributed by atoms with Crippen molar-refractivity contribution in [2.75, 3.05) is 19.4 Å². The number of hydrogen-bond donors (Lipinski definition) is 2. The molecule has 0 amide bonds. The third kappa shape index (κ3) is 4.50. The van der Waals surface area contributed by atoms with Crippen LogP contribution in [0.25, 0.3) is 23.1 Å². The molecule has 0 aliphatic carbocycles. The lowest BCUT2D eigenvalue weighted by Crippen LogP contribution is -2.10. The topological polar surface area (TPSA) is 67.7 Å². The average molecular weight is 408 g/mol. The second-order valence-corrected chi connectivity index (χ2v) is 7.88. The van der Waals surface area contributed by atoms with Crippen LogP contribution in [0.4, 0.5) is 11.4 Å². The quantitative estimate of drug-likeness (QED) is 0.429. The molecule has 5 nitrogen and oxygen atoms in total. The second kappa shape index (κ2) is 8.86. The minimum atomic E-state index is 0.511. The minimum Gasteiger partial charge on any atom is -0.361 e. The van der Waals surface area contributed by atoms with Gasteiger partial charge in [-0.15, -0.1) is 0 Å². The molecule has 0 atom stereocenters. The van der Waals surface area contributed by atoms with Crippen molar-refractivity contribution < 1.29 is 0 Å². The number of nitriles is 1. The lowest BCUT2D eigenvalue weighted by atomic mass is 10.1. The smallest absolute Gasteiger partial charge is 0.103 e. The summed E-state index contributed by atoms with van der Waals surface area (Å²) in [5.74, 6) is 0. The number of H-pyrrole nitrogens is 1. The van der Waals surface area contributed by atoms with Crippen LogP contribution in [-0.4, -0.2) is 29.0 Å². The Morgan fingerprint density at radius 1 is 1.13 bits per heavy atom. The Hall–Kier alpha value is -3.88. The molecule has 4 rings (SSSR count). The first-order valence-corrected chi connectivity index (χ1v) is 10.2. The van der Waals surface area contributed by atoms with Crippen molar-refractivity contribution >= 4 is 34.4 Å². The number of nitrogens with zero attached hydrogens (tertiary/aromatic N) is 3. The first-order chi connectivity index (χ1) is 15.0. The van der Waals surface area contributed by atoms with E-state index in [4.69, 9.17) is 0 Å². The van der Waals surface area contributed by atoms with Crippen molar-refractivity contribution in [3.05, 3.63) is 88.9 Å². The van der Waals surface area contributed by atoms with E-state index in [0.29, 0.717) is 5.56 Å². The lowest BCUT2D eigenvalue weighted by molar-refractivity contribution is 0.402. The lowest BCUT2D eigenvalue weighted by Gasteiger charge is -2.14. The predicted molar refractivity (Wildman–Crippen MR) is 128 cm³/mol. The minimum absolute atomic E-state index is 0.511. The molecule has 2 heterocycles. The Morgan fingerprint density at radius 2 is 2.00 bits per heavy atom. The SMILES string of the molecule is Cc1c(Nc2c(C#N)cncc2/C=C/c2cccc(CN(C)C)c2)ccc2[nH]ccc12. The van der Waals surface area contributed by atoms with E-state index in [-0.39, 0.29) is 0 Å². The van der Waals surface area contributed by atoms with E-state index in [2.05, 4.69) is 83.7 Å². The van der Waals surface area contributed by atoms with E-state index in [1.54, 1.807) is 12.4 Å². The van der Waals surface area contributed by atoms with E-state index in [9.17, 15) is 5.26 Å². The number of pyridine rings is 1. The molecule has 0 unspecified atom stereocenters. The van der Waals surface area contributed by atoms with Gasteiger partial charge in [0.25, 0.3) is 0 Å². The number of benzene rings is 2. The largest absolute Gasteiger partial charge is 0.361 e. The molecule has 0 radical (unpaired) electrons. The zero-order valence-corrected chi connectivity index (χ0v) is 18.0. The molecule has 2 N–H and O–H groups in total. The highest BCUT2D eigenvalue weighted by Crippen LogP contribution is 2.31. The highest BCUT2D eigenvalue weighted by molar-refractivity contribution is 5.90. The number of nitrogens with one attached hydrogen (secondary N) is 2. The van der Waals surface area contributed by atoms with Crippen molar-refractivity contribution in [1.29, 1.82) is 5.26 Å². The molecule has 5 heteroatoms. The zero-order valence-electron chi connectivity index (χ0n) is 18.0. The van der Waals surface area contributed by atoms with Gasteiger partial charge >= 0.3 is 0 Å². The molecule has 0 aliphatic heterocycles. The van der Waals surface area contributed by atoms with Gasteiger partial charge in [0.15, 0.2) is 0 Å². The molecule has 0 fully saturated rings. The molecular weight excluding hydrogens is 382 g/mol. The Kier molecular flexibility index (Phi) is 5.83. The highest BCUT2D eigenvalue weighted by atomic mass is 15.0. The Morgan fingerprint density at radius 3 is 2.81 bits per heavy atom. The highest BCUT2D eigenvalue weighted by Gasteiger charge is 2.11. The number of aromatic nitrogens is 2. The second-order valence-electron chi connectivity index (χ2n) is 7.88. The van der Waals surface area contributed by atoms with Crippen molar-refractivity contribution in [1.82, 2.24) is 14.9 Å².